The average Bonchev–Trinajstić information content (AvgIpc) is 3.50. The Hall–Kier alpha value is -4.63. The highest BCUT2D eigenvalue weighted by molar-refractivity contribution is 5.92. The molecule has 0 saturated carbocycles. The van der Waals surface area contributed by atoms with Crippen molar-refractivity contribution in [2.24, 2.45) is 0 Å². The molecule has 5 aromatic rings. The predicted octanol–water partition coefficient (Wildman–Crippen LogP) is 7.63. The summed E-state index contributed by atoms with van der Waals surface area (Å²) in [6.07, 6.45) is 1.70. The molecule has 2 aliphatic carbocycles. The second kappa shape index (κ2) is 8.49. The minimum Gasteiger partial charge on any atom is -0.481 e. The summed E-state index contributed by atoms with van der Waals surface area (Å²) in [5, 5.41) is 9.52. The third-order valence-corrected chi connectivity index (χ3v) is 7.64. The lowest BCUT2D eigenvalue weighted by atomic mass is 9.90. The van der Waals surface area contributed by atoms with Gasteiger partial charge in [-0.05, 0) is 68.5 Å². The number of aliphatic carboxylic acids is 1. The van der Waals surface area contributed by atoms with Crippen LogP contribution in [0.15, 0.2) is 103 Å². The zero-order valence-corrected chi connectivity index (χ0v) is 20.2. The Morgan fingerprint density at radius 3 is 1.38 bits per heavy atom. The molecule has 0 unspecified atom stereocenters. The van der Waals surface area contributed by atoms with Crippen LogP contribution in [0.4, 0.5) is 0 Å². The van der Waals surface area contributed by atoms with E-state index in [0.717, 1.165) is 35.1 Å². The van der Waals surface area contributed by atoms with E-state index in [2.05, 4.69) is 103 Å². The number of carbonyl (C=O) groups is 1. The van der Waals surface area contributed by atoms with Crippen LogP contribution in [0.1, 0.15) is 22.3 Å². The van der Waals surface area contributed by atoms with Crippen LogP contribution in [0.2, 0.25) is 0 Å². The number of carboxylic acid groups (broad SMARTS) is 1. The molecular formula is C34H24O3. The Morgan fingerprint density at radius 2 is 0.919 bits per heavy atom. The van der Waals surface area contributed by atoms with E-state index in [0.29, 0.717) is 5.75 Å². The van der Waals surface area contributed by atoms with Gasteiger partial charge >= 0.3 is 5.97 Å². The first-order valence-electron chi connectivity index (χ1n) is 12.6. The maximum atomic E-state index is 11.6. The van der Waals surface area contributed by atoms with Crippen molar-refractivity contribution in [1.82, 2.24) is 0 Å². The Morgan fingerprint density at radius 1 is 0.541 bits per heavy atom. The number of para-hydroxylation sites is 1. The lowest BCUT2D eigenvalue weighted by Gasteiger charge is -2.19. The summed E-state index contributed by atoms with van der Waals surface area (Å²) >= 11 is 0. The quantitative estimate of drug-likeness (QED) is 0.276. The molecule has 0 bridgehead atoms. The zero-order chi connectivity index (χ0) is 24.9. The Kier molecular flexibility index (Phi) is 4.97. The highest BCUT2D eigenvalue weighted by atomic mass is 16.5. The fraction of sp³-hybridized carbons (Fsp3) is 0.0882. The summed E-state index contributed by atoms with van der Waals surface area (Å²) in [5.41, 5.74) is 14.2. The summed E-state index contributed by atoms with van der Waals surface area (Å²) in [7, 11) is 0. The van der Waals surface area contributed by atoms with E-state index in [-0.39, 0.29) is 0 Å². The highest BCUT2D eigenvalue weighted by Gasteiger charge is 2.26. The third kappa shape index (κ3) is 3.47. The van der Waals surface area contributed by atoms with Crippen molar-refractivity contribution in [3.63, 3.8) is 0 Å². The summed E-state index contributed by atoms with van der Waals surface area (Å²) in [6, 6.07) is 36.0. The van der Waals surface area contributed by atoms with E-state index < -0.39 is 12.6 Å². The van der Waals surface area contributed by atoms with E-state index in [1.807, 2.05) is 0 Å². The van der Waals surface area contributed by atoms with Crippen LogP contribution in [0.3, 0.4) is 0 Å². The monoisotopic (exact) mass is 480 g/mol. The first-order chi connectivity index (χ1) is 18.2. The van der Waals surface area contributed by atoms with Crippen molar-refractivity contribution >= 4 is 5.97 Å². The van der Waals surface area contributed by atoms with Gasteiger partial charge in [-0.15, -0.1) is 0 Å². The van der Waals surface area contributed by atoms with E-state index in [1.165, 1.54) is 44.5 Å². The maximum absolute atomic E-state index is 11.6. The van der Waals surface area contributed by atoms with E-state index in [1.54, 1.807) is 0 Å². The van der Waals surface area contributed by atoms with Crippen molar-refractivity contribution in [3.05, 3.63) is 125 Å². The van der Waals surface area contributed by atoms with Gasteiger partial charge in [0.15, 0.2) is 6.61 Å². The van der Waals surface area contributed by atoms with E-state index in [4.69, 9.17) is 4.74 Å². The summed E-state index contributed by atoms with van der Waals surface area (Å²) in [6.45, 7) is -0.394. The molecule has 2 aliphatic rings. The molecule has 178 valence electrons. The molecule has 3 nitrogen and oxygen atoms in total. The molecule has 3 heteroatoms. The van der Waals surface area contributed by atoms with Crippen LogP contribution < -0.4 is 4.74 Å². The molecule has 0 heterocycles. The Bertz CT molecular complexity index is 1600. The summed E-state index contributed by atoms with van der Waals surface area (Å²) in [5.74, 6) is -0.365. The number of benzene rings is 5. The summed E-state index contributed by atoms with van der Waals surface area (Å²) in [4.78, 5) is 11.6. The molecule has 0 aliphatic heterocycles. The van der Waals surface area contributed by atoms with Gasteiger partial charge in [-0.25, -0.2) is 4.79 Å². The van der Waals surface area contributed by atoms with Crippen molar-refractivity contribution < 1.29 is 14.6 Å². The number of carboxylic acids is 1. The lowest BCUT2D eigenvalue weighted by Crippen LogP contribution is -2.11. The van der Waals surface area contributed by atoms with Crippen molar-refractivity contribution in [2.45, 2.75) is 12.8 Å². The van der Waals surface area contributed by atoms with Crippen molar-refractivity contribution in [3.8, 4) is 50.3 Å². The van der Waals surface area contributed by atoms with Crippen molar-refractivity contribution in [1.29, 1.82) is 0 Å². The predicted molar refractivity (Wildman–Crippen MR) is 147 cm³/mol. The topological polar surface area (TPSA) is 46.5 Å². The van der Waals surface area contributed by atoms with Gasteiger partial charge in [0.25, 0.3) is 0 Å². The zero-order valence-electron chi connectivity index (χ0n) is 20.2. The van der Waals surface area contributed by atoms with Crippen molar-refractivity contribution in [2.75, 3.05) is 6.61 Å². The second-order valence-electron chi connectivity index (χ2n) is 9.70. The van der Waals surface area contributed by atoms with Gasteiger partial charge in [0, 0.05) is 11.1 Å². The van der Waals surface area contributed by atoms with E-state index in [9.17, 15) is 9.90 Å². The molecule has 0 spiro atoms. The third-order valence-electron chi connectivity index (χ3n) is 7.64. The van der Waals surface area contributed by atoms with Crippen LogP contribution in [0, 0.1) is 0 Å². The highest BCUT2D eigenvalue weighted by Crippen LogP contribution is 2.48. The fourth-order valence-corrected chi connectivity index (χ4v) is 6.07. The van der Waals surface area contributed by atoms with Gasteiger partial charge in [0.1, 0.15) is 5.75 Å². The normalized spacial score (nSPS) is 12.4. The van der Waals surface area contributed by atoms with Crippen LogP contribution in [0.5, 0.6) is 5.75 Å². The first-order valence-corrected chi connectivity index (χ1v) is 12.6. The number of hydrogen-bond acceptors (Lipinski definition) is 2. The second-order valence-corrected chi connectivity index (χ2v) is 9.70. The van der Waals surface area contributed by atoms with Gasteiger partial charge in [-0.2, -0.15) is 0 Å². The Balaban J connectivity index is 1.43. The molecule has 0 amide bonds. The molecule has 0 fully saturated rings. The smallest absolute Gasteiger partial charge is 0.341 e. The molecule has 0 radical (unpaired) electrons. The van der Waals surface area contributed by atoms with Gasteiger partial charge in [-0.3, -0.25) is 0 Å². The minimum atomic E-state index is -0.989. The Labute approximate surface area is 215 Å². The van der Waals surface area contributed by atoms with Crippen LogP contribution in [-0.2, 0) is 17.6 Å². The van der Waals surface area contributed by atoms with Crippen LogP contribution >= 0.6 is 0 Å². The largest absolute Gasteiger partial charge is 0.481 e. The maximum Gasteiger partial charge on any atom is 0.341 e. The van der Waals surface area contributed by atoms with Gasteiger partial charge in [0.05, 0.1) is 0 Å². The standard InChI is InChI=1S/C34H24O3/c35-33(36)20-37-34-29(27-14-5-12-25-23-10-3-1-8-21(23)18-31(25)27)16-7-17-30(34)28-15-6-13-26-24-11-4-2-9-22(24)19-32(26)28/h1-17H,18-20H2,(H,35,36). The van der Waals surface area contributed by atoms with Gasteiger partial charge in [0.2, 0.25) is 0 Å². The molecule has 1 N–H and O–H groups in total. The molecule has 7 rings (SSSR count). The van der Waals surface area contributed by atoms with Gasteiger partial charge in [-0.1, -0.05) is 103 Å². The van der Waals surface area contributed by atoms with Crippen LogP contribution in [-0.4, -0.2) is 17.7 Å². The number of fused-ring (bicyclic) bond motifs is 6. The summed E-state index contributed by atoms with van der Waals surface area (Å²) < 4.78 is 6.11. The fourth-order valence-electron chi connectivity index (χ4n) is 6.07. The lowest BCUT2D eigenvalue weighted by molar-refractivity contribution is -0.139. The number of ether oxygens (including phenoxy) is 1. The van der Waals surface area contributed by atoms with Crippen LogP contribution in [0.25, 0.3) is 44.5 Å². The molecular weight excluding hydrogens is 456 g/mol. The molecule has 37 heavy (non-hydrogen) atoms. The van der Waals surface area contributed by atoms with E-state index >= 15 is 0 Å². The van der Waals surface area contributed by atoms with Gasteiger partial charge < -0.3 is 9.84 Å². The first kappa shape index (κ1) is 21.6. The molecule has 0 atom stereocenters. The minimum absolute atomic E-state index is 0.394. The number of rotatable bonds is 5. The average molecular weight is 481 g/mol. The molecule has 5 aromatic carbocycles. The number of hydrogen-bond donors (Lipinski definition) is 1. The molecule has 0 saturated heterocycles. The molecule has 0 aromatic heterocycles. The SMILES string of the molecule is O=C(O)COc1c(-c2cccc3c2Cc2ccccc2-3)cccc1-c1cccc2c1Cc1ccccc1-2.